The molecule has 0 unspecified atom stereocenters. The van der Waals surface area contributed by atoms with Crippen LogP contribution in [0, 0.1) is 0 Å². The highest BCUT2D eigenvalue weighted by atomic mass is 31.2. The van der Waals surface area contributed by atoms with Crippen LogP contribution in [0.25, 0.3) is 22.6 Å². The van der Waals surface area contributed by atoms with Gasteiger partial charge in [0.05, 0.1) is 31.9 Å². The molecule has 31 heavy (non-hydrogen) atoms. The predicted molar refractivity (Wildman–Crippen MR) is 118 cm³/mol. The summed E-state index contributed by atoms with van der Waals surface area (Å²) < 4.78 is 51.0. The van der Waals surface area contributed by atoms with Crippen LogP contribution >= 0.6 is 15.2 Å². The number of tetrazole rings is 1. The van der Waals surface area contributed by atoms with Gasteiger partial charge in [0.1, 0.15) is 0 Å². The van der Waals surface area contributed by atoms with E-state index in [4.69, 9.17) is 18.1 Å². The van der Waals surface area contributed by atoms with Gasteiger partial charge >= 0.3 is 15.2 Å². The Morgan fingerprint density at radius 2 is 1.48 bits per heavy atom. The molecule has 0 saturated carbocycles. The molecule has 0 saturated heterocycles. The summed E-state index contributed by atoms with van der Waals surface area (Å²) >= 11 is 0. The van der Waals surface area contributed by atoms with Crippen molar-refractivity contribution in [1.82, 2.24) is 20.0 Å². The van der Waals surface area contributed by atoms with Gasteiger partial charge in [-0.25, -0.2) is 0 Å². The van der Waals surface area contributed by atoms with Crippen LogP contribution in [0.2, 0.25) is 0 Å². The number of hydrogen-bond donors (Lipinski definition) is 0. The molecule has 2 aromatic heterocycles. The van der Waals surface area contributed by atoms with Gasteiger partial charge in [0, 0.05) is 10.9 Å². The minimum absolute atomic E-state index is 0.0759. The Balaban J connectivity index is 2.34. The third-order valence-corrected chi connectivity index (χ3v) is 9.49. The van der Waals surface area contributed by atoms with Crippen molar-refractivity contribution in [2.24, 2.45) is 0 Å². The fourth-order valence-corrected chi connectivity index (χ4v) is 7.66. The maximum Gasteiger partial charge on any atom is 0.369 e. The summed E-state index contributed by atoms with van der Waals surface area (Å²) in [5.41, 5.74) is 1.64. The Labute approximate surface area is 180 Å². The quantitative estimate of drug-likeness (QED) is 0.354. The number of rotatable bonds is 11. The van der Waals surface area contributed by atoms with Crippen LogP contribution in [0.1, 0.15) is 33.3 Å². The average Bonchev–Trinajstić information content (AvgIpc) is 3.23. The standard InChI is InChI=1S/C19H26N4O6P2/c1-5-26-30(24,27-6-2)18(31(25,28-7-3)29-8-4)14-16-13-15-11-9-10-12-17(15)23-19(16)20-21-22-23/h9-14H,5-8H2,1-4H3. The number of pyridine rings is 1. The number of fused-ring (bicyclic) bond motifs is 3. The van der Waals surface area contributed by atoms with Gasteiger partial charge in [-0.05, 0) is 56.3 Å². The molecule has 0 atom stereocenters. The van der Waals surface area contributed by atoms with Gasteiger partial charge in [0.15, 0.2) is 10.7 Å². The van der Waals surface area contributed by atoms with E-state index < -0.39 is 15.2 Å². The maximum atomic E-state index is 13.7. The minimum atomic E-state index is -4.03. The van der Waals surface area contributed by atoms with Crippen molar-refractivity contribution in [2.45, 2.75) is 27.7 Å². The molecule has 0 aliphatic carbocycles. The van der Waals surface area contributed by atoms with Crippen LogP contribution < -0.4 is 0 Å². The van der Waals surface area contributed by atoms with E-state index in [-0.39, 0.29) is 31.5 Å². The summed E-state index contributed by atoms with van der Waals surface area (Å²) in [6.45, 7) is 6.99. The van der Waals surface area contributed by atoms with Crippen LogP contribution in [0.5, 0.6) is 0 Å². The molecule has 0 fully saturated rings. The molecule has 168 valence electrons. The minimum Gasteiger partial charge on any atom is -0.305 e. The van der Waals surface area contributed by atoms with Crippen molar-refractivity contribution in [3.63, 3.8) is 0 Å². The molecule has 0 N–H and O–H groups in total. The number of hydrogen-bond acceptors (Lipinski definition) is 9. The van der Waals surface area contributed by atoms with E-state index in [0.29, 0.717) is 11.2 Å². The molecule has 0 amide bonds. The molecule has 3 rings (SSSR count). The number of para-hydroxylation sites is 1. The molecule has 2 heterocycles. The van der Waals surface area contributed by atoms with Crippen LogP contribution in [-0.2, 0) is 27.2 Å². The van der Waals surface area contributed by atoms with Crippen LogP contribution in [0.15, 0.2) is 35.4 Å². The predicted octanol–water partition coefficient (Wildman–Crippen LogP) is 5.11. The van der Waals surface area contributed by atoms with Gasteiger partial charge in [-0.3, -0.25) is 9.13 Å². The Bertz CT molecular complexity index is 1130. The zero-order chi connectivity index (χ0) is 22.5. The summed E-state index contributed by atoms with van der Waals surface area (Å²) in [5, 5.41) is 12.5. The van der Waals surface area contributed by atoms with Crippen molar-refractivity contribution in [3.05, 3.63) is 41.0 Å². The van der Waals surface area contributed by atoms with Gasteiger partial charge < -0.3 is 18.1 Å². The number of nitrogens with zero attached hydrogens (tertiary/aromatic N) is 4. The van der Waals surface area contributed by atoms with E-state index >= 15 is 0 Å². The van der Waals surface area contributed by atoms with Crippen LogP contribution in [-0.4, -0.2) is 46.5 Å². The Morgan fingerprint density at radius 1 is 0.935 bits per heavy atom. The lowest BCUT2D eigenvalue weighted by Crippen LogP contribution is -2.05. The van der Waals surface area contributed by atoms with Gasteiger partial charge in [-0.2, -0.15) is 4.52 Å². The van der Waals surface area contributed by atoms with Gasteiger partial charge in [-0.1, -0.05) is 18.2 Å². The molecule has 10 nitrogen and oxygen atoms in total. The van der Waals surface area contributed by atoms with Crippen molar-refractivity contribution >= 4 is 37.8 Å². The molecular formula is C19H26N4O6P2. The second-order valence-corrected chi connectivity index (χ2v) is 10.6. The summed E-state index contributed by atoms with van der Waals surface area (Å²) in [5.74, 6) is 0. The molecule has 0 radical (unpaired) electrons. The molecule has 0 aliphatic heterocycles. The summed E-state index contributed by atoms with van der Waals surface area (Å²) in [4.78, 5) is 0. The summed E-state index contributed by atoms with van der Waals surface area (Å²) in [6.07, 6.45) is 1.44. The molecule has 1 aromatic carbocycles. The first-order chi connectivity index (χ1) is 14.9. The highest BCUT2D eigenvalue weighted by Gasteiger charge is 2.45. The van der Waals surface area contributed by atoms with Gasteiger partial charge in [-0.15, -0.1) is 5.10 Å². The fraction of sp³-hybridized carbons (Fsp3) is 0.421. The lowest BCUT2D eigenvalue weighted by molar-refractivity contribution is 0.214. The zero-order valence-corrected chi connectivity index (χ0v) is 19.7. The molecule has 12 heteroatoms. The van der Waals surface area contributed by atoms with E-state index in [1.165, 1.54) is 6.08 Å². The van der Waals surface area contributed by atoms with E-state index in [2.05, 4.69) is 15.5 Å². The molecule has 0 aliphatic rings. The second kappa shape index (κ2) is 10.1. The molecule has 3 aromatic rings. The number of aromatic nitrogens is 4. The van der Waals surface area contributed by atoms with Crippen molar-refractivity contribution in [1.29, 1.82) is 0 Å². The maximum absolute atomic E-state index is 13.7. The number of benzene rings is 1. The third-order valence-electron chi connectivity index (χ3n) is 4.25. The molecular weight excluding hydrogens is 442 g/mol. The first kappa shape index (κ1) is 23.7. The topological polar surface area (TPSA) is 114 Å². The van der Waals surface area contributed by atoms with Crippen LogP contribution in [0.4, 0.5) is 0 Å². The van der Waals surface area contributed by atoms with Crippen LogP contribution in [0.3, 0.4) is 0 Å². The lowest BCUT2D eigenvalue weighted by Gasteiger charge is -2.25. The average molecular weight is 468 g/mol. The fourth-order valence-electron chi connectivity index (χ4n) is 3.14. The summed E-state index contributed by atoms with van der Waals surface area (Å²) in [6, 6.07) is 9.34. The highest BCUT2D eigenvalue weighted by Crippen LogP contribution is 2.74. The summed E-state index contributed by atoms with van der Waals surface area (Å²) in [7, 11) is -8.05. The Morgan fingerprint density at radius 3 is 2.03 bits per heavy atom. The van der Waals surface area contributed by atoms with Crippen molar-refractivity contribution in [3.8, 4) is 0 Å². The first-order valence-electron chi connectivity index (χ1n) is 10.0. The van der Waals surface area contributed by atoms with Crippen molar-refractivity contribution in [2.75, 3.05) is 26.4 Å². The zero-order valence-electron chi connectivity index (χ0n) is 17.9. The molecule has 0 spiro atoms. The second-order valence-electron chi connectivity index (χ2n) is 6.24. The van der Waals surface area contributed by atoms with E-state index in [1.54, 1.807) is 32.2 Å². The Hall–Kier alpha value is -1.93. The van der Waals surface area contributed by atoms with E-state index in [1.807, 2.05) is 30.3 Å². The van der Waals surface area contributed by atoms with Crippen molar-refractivity contribution < 1.29 is 27.2 Å². The van der Waals surface area contributed by atoms with E-state index in [9.17, 15) is 9.13 Å². The highest BCUT2D eigenvalue weighted by molar-refractivity contribution is 7.79. The Kier molecular flexibility index (Phi) is 7.75. The van der Waals surface area contributed by atoms with Gasteiger partial charge in [0.2, 0.25) is 0 Å². The van der Waals surface area contributed by atoms with E-state index in [0.717, 1.165) is 10.9 Å². The monoisotopic (exact) mass is 468 g/mol. The normalized spacial score (nSPS) is 12.5. The smallest absolute Gasteiger partial charge is 0.305 e. The van der Waals surface area contributed by atoms with Gasteiger partial charge in [0.25, 0.3) is 0 Å². The third kappa shape index (κ3) is 4.80. The molecule has 0 bridgehead atoms. The lowest BCUT2D eigenvalue weighted by atomic mass is 10.1. The largest absolute Gasteiger partial charge is 0.369 e. The SMILES string of the molecule is CCOP(=O)(OCC)C(=Cc1cc2ccccc2n2nnnc12)P(=O)(OCC)OCC. The first-order valence-corrected chi connectivity index (χ1v) is 13.1.